The lowest BCUT2D eigenvalue weighted by Crippen LogP contribution is -2.43. The average Bonchev–Trinajstić information content (AvgIpc) is 2.98. The fraction of sp³-hybridized carbons (Fsp3) is 0.500. The van der Waals surface area contributed by atoms with Gasteiger partial charge in [0.05, 0.1) is 12.3 Å². The Bertz CT molecular complexity index is 515. The summed E-state index contributed by atoms with van der Waals surface area (Å²) in [5.41, 5.74) is -0.0304. The number of amides is 2. The van der Waals surface area contributed by atoms with E-state index in [2.05, 4.69) is 10.3 Å². The summed E-state index contributed by atoms with van der Waals surface area (Å²) in [6.07, 6.45) is 5.31. The summed E-state index contributed by atoms with van der Waals surface area (Å²) in [5.74, 6) is -1.19. The van der Waals surface area contributed by atoms with Gasteiger partial charge in [-0.15, -0.1) is 0 Å². The third kappa shape index (κ3) is 3.69. The van der Waals surface area contributed by atoms with E-state index >= 15 is 0 Å². The summed E-state index contributed by atoms with van der Waals surface area (Å²) < 4.78 is 0. The molecule has 2 rings (SSSR count). The van der Waals surface area contributed by atoms with E-state index in [0.717, 1.165) is 25.7 Å². The number of aromatic carboxylic acids is 1. The Labute approximate surface area is 122 Å². The molecule has 21 heavy (non-hydrogen) atoms. The van der Waals surface area contributed by atoms with E-state index in [9.17, 15) is 9.59 Å². The summed E-state index contributed by atoms with van der Waals surface area (Å²) in [6, 6.07) is 2.77. The van der Waals surface area contributed by atoms with Crippen molar-refractivity contribution in [1.29, 1.82) is 0 Å². The summed E-state index contributed by atoms with van der Waals surface area (Å²) >= 11 is 0. The van der Waals surface area contributed by atoms with E-state index < -0.39 is 12.0 Å². The van der Waals surface area contributed by atoms with E-state index in [1.165, 1.54) is 12.3 Å². The number of hydrogen-bond donors (Lipinski definition) is 3. The normalized spacial score (nSPS) is 14.9. The van der Waals surface area contributed by atoms with Crippen LogP contribution in [0.15, 0.2) is 18.3 Å². The molecule has 0 aromatic carbocycles. The van der Waals surface area contributed by atoms with Crippen molar-refractivity contribution in [2.75, 3.05) is 18.5 Å². The van der Waals surface area contributed by atoms with Crippen LogP contribution in [0.1, 0.15) is 36.2 Å². The molecule has 2 amide bonds. The number of urea groups is 1. The molecule has 1 aliphatic carbocycles. The highest BCUT2D eigenvalue weighted by molar-refractivity contribution is 5.98. The van der Waals surface area contributed by atoms with Gasteiger partial charge in [0.2, 0.25) is 0 Å². The first-order chi connectivity index (χ1) is 10.1. The first-order valence-electron chi connectivity index (χ1n) is 7.00. The molecule has 3 N–H and O–H groups in total. The van der Waals surface area contributed by atoms with Crippen molar-refractivity contribution in [2.45, 2.75) is 31.7 Å². The molecular formula is C14H19N3O4. The Morgan fingerprint density at radius 3 is 2.71 bits per heavy atom. The molecule has 1 saturated carbocycles. The lowest BCUT2D eigenvalue weighted by molar-refractivity contribution is 0.0691. The zero-order chi connectivity index (χ0) is 15.2. The topological polar surface area (TPSA) is 103 Å². The van der Waals surface area contributed by atoms with Crippen LogP contribution in [-0.2, 0) is 0 Å². The zero-order valence-corrected chi connectivity index (χ0v) is 11.7. The molecule has 114 valence electrons. The van der Waals surface area contributed by atoms with E-state index in [1.54, 1.807) is 11.0 Å². The Morgan fingerprint density at radius 1 is 1.38 bits per heavy atom. The van der Waals surface area contributed by atoms with Crippen molar-refractivity contribution in [3.63, 3.8) is 0 Å². The van der Waals surface area contributed by atoms with Crippen LogP contribution >= 0.6 is 0 Å². The monoisotopic (exact) mass is 293 g/mol. The van der Waals surface area contributed by atoms with Crippen molar-refractivity contribution in [3.8, 4) is 0 Å². The molecule has 1 aromatic heterocycles. The van der Waals surface area contributed by atoms with Gasteiger partial charge in [-0.3, -0.25) is 0 Å². The van der Waals surface area contributed by atoms with E-state index in [0.29, 0.717) is 0 Å². The van der Waals surface area contributed by atoms with E-state index in [1.807, 2.05) is 0 Å². The number of carboxylic acid groups (broad SMARTS) is 1. The number of aromatic nitrogens is 1. The van der Waals surface area contributed by atoms with Gasteiger partial charge in [-0.1, -0.05) is 12.8 Å². The van der Waals surface area contributed by atoms with Gasteiger partial charge in [0, 0.05) is 18.8 Å². The van der Waals surface area contributed by atoms with Gasteiger partial charge in [0.15, 0.2) is 5.69 Å². The standard InChI is InChI=1S/C14H19N3O4/c18-9-8-17(10-4-1-2-5-10)14(21)16-11-6-3-7-15-12(11)13(19)20/h3,6-7,10,18H,1-2,4-5,8-9H2,(H,16,21)(H,19,20). The van der Waals surface area contributed by atoms with Crippen LogP contribution in [0.4, 0.5) is 10.5 Å². The molecule has 0 aliphatic heterocycles. The number of pyridine rings is 1. The Balaban J connectivity index is 2.13. The van der Waals surface area contributed by atoms with Crippen LogP contribution < -0.4 is 5.32 Å². The molecule has 0 unspecified atom stereocenters. The maximum atomic E-state index is 12.3. The van der Waals surface area contributed by atoms with Crippen molar-refractivity contribution in [3.05, 3.63) is 24.0 Å². The number of rotatable bonds is 5. The summed E-state index contributed by atoms with van der Waals surface area (Å²) in [4.78, 5) is 28.8. The van der Waals surface area contributed by atoms with Crippen LogP contribution in [0.25, 0.3) is 0 Å². The summed E-state index contributed by atoms with van der Waals surface area (Å²) in [6.45, 7) is 0.113. The second-order valence-electron chi connectivity index (χ2n) is 4.99. The number of aliphatic hydroxyl groups is 1. The first-order valence-corrected chi connectivity index (χ1v) is 7.00. The van der Waals surface area contributed by atoms with Gasteiger partial charge < -0.3 is 20.4 Å². The predicted molar refractivity (Wildman–Crippen MR) is 76.3 cm³/mol. The number of aliphatic hydroxyl groups excluding tert-OH is 1. The number of nitrogens with one attached hydrogen (secondary N) is 1. The van der Waals surface area contributed by atoms with Crippen molar-refractivity contribution in [1.82, 2.24) is 9.88 Å². The highest BCUT2D eigenvalue weighted by Crippen LogP contribution is 2.24. The van der Waals surface area contributed by atoms with Gasteiger partial charge in [-0.2, -0.15) is 0 Å². The van der Waals surface area contributed by atoms with Gasteiger partial charge in [-0.05, 0) is 25.0 Å². The molecule has 1 fully saturated rings. The molecule has 0 bridgehead atoms. The Hall–Kier alpha value is -2.15. The van der Waals surface area contributed by atoms with E-state index in [-0.39, 0.29) is 30.6 Å². The molecule has 0 spiro atoms. The fourth-order valence-corrected chi connectivity index (χ4v) is 2.64. The minimum absolute atomic E-state index is 0.0992. The maximum absolute atomic E-state index is 12.3. The van der Waals surface area contributed by atoms with Crippen molar-refractivity contribution in [2.24, 2.45) is 0 Å². The number of anilines is 1. The van der Waals surface area contributed by atoms with Crippen LogP contribution in [0, 0.1) is 0 Å². The second-order valence-corrected chi connectivity index (χ2v) is 4.99. The highest BCUT2D eigenvalue weighted by atomic mass is 16.4. The van der Waals surface area contributed by atoms with Gasteiger partial charge in [0.25, 0.3) is 0 Å². The SMILES string of the molecule is O=C(O)c1ncccc1NC(=O)N(CCO)C1CCCC1. The molecule has 1 heterocycles. The molecule has 0 atom stereocenters. The third-order valence-electron chi connectivity index (χ3n) is 3.62. The number of carbonyl (C=O) groups excluding carboxylic acids is 1. The van der Waals surface area contributed by atoms with Gasteiger partial charge in [-0.25, -0.2) is 14.6 Å². The van der Waals surface area contributed by atoms with E-state index in [4.69, 9.17) is 10.2 Å². The van der Waals surface area contributed by atoms with Gasteiger partial charge in [0.1, 0.15) is 0 Å². The summed E-state index contributed by atoms with van der Waals surface area (Å²) in [7, 11) is 0. The molecule has 1 aromatic rings. The van der Waals surface area contributed by atoms with Crippen molar-refractivity contribution >= 4 is 17.7 Å². The Morgan fingerprint density at radius 2 is 2.10 bits per heavy atom. The highest BCUT2D eigenvalue weighted by Gasteiger charge is 2.27. The minimum atomic E-state index is -1.19. The fourth-order valence-electron chi connectivity index (χ4n) is 2.64. The number of carbonyl (C=O) groups is 2. The van der Waals surface area contributed by atoms with Crippen LogP contribution in [-0.4, -0.2) is 51.3 Å². The average molecular weight is 293 g/mol. The predicted octanol–water partition coefficient (Wildman–Crippen LogP) is 1.55. The minimum Gasteiger partial charge on any atom is -0.476 e. The Kier molecular flexibility index (Phi) is 5.10. The largest absolute Gasteiger partial charge is 0.476 e. The van der Waals surface area contributed by atoms with Gasteiger partial charge >= 0.3 is 12.0 Å². The molecule has 7 nitrogen and oxygen atoms in total. The zero-order valence-electron chi connectivity index (χ0n) is 11.7. The van der Waals surface area contributed by atoms with Crippen LogP contribution in [0.2, 0.25) is 0 Å². The quantitative estimate of drug-likeness (QED) is 0.764. The summed E-state index contributed by atoms with van der Waals surface area (Å²) in [5, 5.41) is 20.8. The second kappa shape index (κ2) is 7.03. The maximum Gasteiger partial charge on any atom is 0.356 e. The molecule has 0 saturated heterocycles. The smallest absolute Gasteiger partial charge is 0.356 e. The molecular weight excluding hydrogens is 274 g/mol. The number of carboxylic acids is 1. The first kappa shape index (κ1) is 15.2. The molecule has 1 aliphatic rings. The van der Waals surface area contributed by atoms with Crippen molar-refractivity contribution < 1.29 is 19.8 Å². The lowest BCUT2D eigenvalue weighted by Gasteiger charge is -2.28. The number of hydrogen-bond acceptors (Lipinski definition) is 4. The lowest BCUT2D eigenvalue weighted by atomic mass is 10.2. The van der Waals surface area contributed by atoms with Crippen LogP contribution in [0.3, 0.4) is 0 Å². The third-order valence-corrected chi connectivity index (χ3v) is 3.62. The number of nitrogens with zero attached hydrogens (tertiary/aromatic N) is 2. The molecule has 7 heteroatoms. The molecule has 0 radical (unpaired) electrons. The van der Waals surface area contributed by atoms with Crippen LogP contribution in [0.5, 0.6) is 0 Å².